The minimum atomic E-state index is 0.0109. The smallest absolute Gasteiger partial charge is 0.318 e. The van der Waals surface area contributed by atoms with E-state index in [4.69, 9.17) is 4.42 Å². The number of piperazine rings is 1. The number of carbonyl (C=O) groups excluding carboxylic acids is 1. The topological polar surface area (TPSA) is 74.5 Å². The summed E-state index contributed by atoms with van der Waals surface area (Å²) in [7, 11) is 0. The summed E-state index contributed by atoms with van der Waals surface area (Å²) in [5, 5.41) is 11.1. The fourth-order valence-corrected chi connectivity index (χ4v) is 2.09. The number of amides is 2. The summed E-state index contributed by atoms with van der Waals surface area (Å²) in [6.07, 6.45) is 0. The molecule has 0 saturated carbocycles. The Labute approximate surface area is 125 Å². The van der Waals surface area contributed by atoms with Crippen LogP contribution >= 0.6 is 0 Å². The van der Waals surface area contributed by atoms with Crippen LogP contribution in [0, 0.1) is 5.92 Å². The maximum Gasteiger partial charge on any atom is 0.318 e. The van der Waals surface area contributed by atoms with E-state index in [0.717, 1.165) is 13.1 Å². The zero-order valence-corrected chi connectivity index (χ0v) is 13.3. The predicted molar refractivity (Wildman–Crippen MR) is 80.4 cm³/mol. The predicted octanol–water partition coefficient (Wildman–Crippen LogP) is 1.68. The van der Waals surface area contributed by atoms with Gasteiger partial charge in [-0.1, -0.05) is 32.8 Å². The summed E-state index contributed by atoms with van der Waals surface area (Å²) in [6, 6.07) is 0.567. The second kappa shape index (κ2) is 6.78. The van der Waals surface area contributed by atoms with Crippen LogP contribution in [0.5, 0.6) is 0 Å². The fraction of sp³-hybridized carbons (Fsp3) is 0.786. The Bertz CT molecular complexity index is 464. The third kappa shape index (κ3) is 4.09. The van der Waals surface area contributed by atoms with Gasteiger partial charge in [0.15, 0.2) is 0 Å². The molecule has 118 valence electrons. The van der Waals surface area contributed by atoms with Crippen molar-refractivity contribution in [3.63, 3.8) is 0 Å². The Balaban J connectivity index is 1.83. The highest BCUT2D eigenvalue weighted by Gasteiger charge is 2.24. The van der Waals surface area contributed by atoms with E-state index in [9.17, 15) is 4.79 Å². The van der Waals surface area contributed by atoms with Crippen molar-refractivity contribution >= 4 is 12.0 Å². The normalized spacial score (nSPS) is 15.9. The zero-order valence-electron chi connectivity index (χ0n) is 13.3. The number of rotatable bonds is 4. The Morgan fingerprint density at radius 1 is 1.19 bits per heavy atom. The molecule has 0 unspecified atom stereocenters. The van der Waals surface area contributed by atoms with Gasteiger partial charge in [0.05, 0.1) is 0 Å². The summed E-state index contributed by atoms with van der Waals surface area (Å²) in [5.41, 5.74) is 0. The van der Waals surface area contributed by atoms with Crippen molar-refractivity contribution in [1.82, 2.24) is 20.4 Å². The SMILES string of the molecule is CC(C)CNC(=O)N1CCN(c2nnc(C(C)C)o2)CC1. The molecule has 0 bridgehead atoms. The van der Waals surface area contributed by atoms with Crippen molar-refractivity contribution in [3.8, 4) is 0 Å². The average Bonchev–Trinajstić information content (AvgIpc) is 2.95. The van der Waals surface area contributed by atoms with Gasteiger partial charge < -0.3 is 19.5 Å². The molecule has 7 heteroatoms. The maximum absolute atomic E-state index is 12.0. The van der Waals surface area contributed by atoms with Crippen LogP contribution in [0.3, 0.4) is 0 Å². The van der Waals surface area contributed by atoms with Gasteiger partial charge in [-0.2, -0.15) is 0 Å². The largest absolute Gasteiger partial charge is 0.408 e. The zero-order chi connectivity index (χ0) is 15.4. The highest BCUT2D eigenvalue weighted by molar-refractivity contribution is 5.74. The van der Waals surface area contributed by atoms with Gasteiger partial charge in [-0.05, 0) is 5.92 Å². The van der Waals surface area contributed by atoms with E-state index in [2.05, 4.69) is 29.4 Å². The molecule has 2 heterocycles. The van der Waals surface area contributed by atoms with Crippen LogP contribution in [0.2, 0.25) is 0 Å². The van der Waals surface area contributed by atoms with Crippen molar-refractivity contribution in [1.29, 1.82) is 0 Å². The van der Waals surface area contributed by atoms with Crippen LogP contribution in [0.25, 0.3) is 0 Å². The van der Waals surface area contributed by atoms with Crippen molar-refractivity contribution in [2.75, 3.05) is 37.6 Å². The summed E-state index contributed by atoms with van der Waals surface area (Å²) in [5.74, 6) is 1.35. The van der Waals surface area contributed by atoms with E-state index in [-0.39, 0.29) is 11.9 Å². The molecule has 0 radical (unpaired) electrons. The van der Waals surface area contributed by atoms with Crippen molar-refractivity contribution < 1.29 is 9.21 Å². The summed E-state index contributed by atoms with van der Waals surface area (Å²) < 4.78 is 5.64. The first-order chi connectivity index (χ1) is 9.97. The molecule has 1 N–H and O–H groups in total. The molecule has 0 atom stereocenters. The van der Waals surface area contributed by atoms with E-state index in [1.54, 1.807) is 0 Å². The second-order valence-corrected chi connectivity index (χ2v) is 6.13. The van der Waals surface area contributed by atoms with Crippen molar-refractivity contribution in [3.05, 3.63) is 5.89 Å². The van der Waals surface area contributed by atoms with Gasteiger partial charge in [-0.15, -0.1) is 5.10 Å². The van der Waals surface area contributed by atoms with Crippen LogP contribution in [0.4, 0.5) is 10.8 Å². The molecule has 1 aromatic heterocycles. The third-order valence-electron chi connectivity index (χ3n) is 3.42. The van der Waals surface area contributed by atoms with Crippen LogP contribution in [-0.2, 0) is 0 Å². The molecule has 0 aromatic carbocycles. The average molecular weight is 295 g/mol. The quantitative estimate of drug-likeness (QED) is 0.914. The Kier molecular flexibility index (Phi) is 5.03. The first-order valence-corrected chi connectivity index (χ1v) is 7.58. The number of nitrogens with one attached hydrogen (secondary N) is 1. The number of aromatic nitrogens is 2. The molecule has 1 aliphatic heterocycles. The van der Waals surface area contributed by atoms with Crippen molar-refractivity contribution in [2.24, 2.45) is 5.92 Å². The lowest BCUT2D eigenvalue weighted by Gasteiger charge is -2.33. The lowest BCUT2D eigenvalue weighted by Crippen LogP contribution is -2.52. The van der Waals surface area contributed by atoms with Crippen molar-refractivity contribution in [2.45, 2.75) is 33.6 Å². The molecular weight excluding hydrogens is 270 g/mol. The van der Waals surface area contributed by atoms with Gasteiger partial charge >= 0.3 is 12.0 Å². The molecule has 2 amide bonds. The first-order valence-electron chi connectivity index (χ1n) is 7.58. The van der Waals surface area contributed by atoms with E-state index in [0.29, 0.717) is 37.5 Å². The second-order valence-electron chi connectivity index (χ2n) is 6.13. The molecule has 1 fully saturated rings. The fourth-order valence-electron chi connectivity index (χ4n) is 2.09. The Morgan fingerprint density at radius 2 is 1.86 bits per heavy atom. The van der Waals surface area contributed by atoms with Crippen LogP contribution in [0.1, 0.15) is 39.5 Å². The lowest BCUT2D eigenvalue weighted by molar-refractivity contribution is 0.192. The molecule has 0 aliphatic carbocycles. The summed E-state index contributed by atoms with van der Waals surface area (Å²) in [6.45, 7) is 11.7. The van der Waals surface area contributed by atoms with Gasteiger partial charge in [-0.25, -0.2) is 4.79 Å². The first kappa shape index (κ1) is 15.6. The molecule has 7 nitrogen and oxygen atoms in total. The maximum atomic E-state index is 12.0. The monoisotopic (exact) mass is 295 g/mol. The van der Waals surface area contributed by atoms with E-state index >= 15 is 0 Å². The molecule has 0 spiro atoms. The van der Waals surface area contributed by atoms with Gasteiger partial charge in [0.25, 0.3) is 0 Å². The summed E-state index contributed by atoms with van der Waals surface area (Å²) >= 11 is 0. The van der Waals surface area contributed by atoms with Gasteiger partial charge in [0.2, 0.25) is 5.89 Å². The number of carbonyl (C=O) groups is 1. The molecular formula is C14H25N5O2. The lowest BCUT2D eigenvalue weighted by atomic mass is 10.2. The van der Waals surface area contributed by atoms with E-state index in [1.807, 2.05) is 23.6 Å². The van der Waals surface area contributed by atoms with Crippen LogP contribution < -0.4 is 10.2 Å². The molecule has 21 heavy (non-hydrogen) atoms. The van der Waals surface area contributed by atoms with Crippen LogP contribution in [0.15, 0.2) is 4.42 Å². The highest BCUT2D eigenvalue weighted by Crippen LogP contribution is 2.19. The molecule has 2 rings (SSSR count). The minimum Gasteiger partial charge on any atom is -0.408 e. The number of urea groups is 1. The summed E-state index contributed by atoms with van der Waals surface area (Å²) in [4.78, 5) is 15.8. The molecule has 1 aliphatic rings. The van der Waals surface area contributed by atoms with Gasteiger partial charge in [0.1, 0.15) is 0 Å². The van der Waals surface area contributed by atoms with Gasteiger partial charge in [0, 0.05) is 38.6 Å². The molecule has 1 saturated heterocycles. The number of anilines is 1. The Hall–Kier alpha value is -1.79. The van der Waals surface area contributed by atoms with E-state index < -0.39 is 0 Å². The third-order valence-corrected chi connectivity index (χ3v) is 3.42. The number of hydrogen-bond donors (Lipinski definition) is 1. The number of nitrogens with zero attached hydrogens (tertiary/aromatic N) is 4. The van der Waals surface area contributed by atoms with Crippen LogP contribution in [-0.4, -0.2) is 53.9 Å². The van der Waals surface area contributed by atoms with Gasteiger partial charge in [-0.3, -0.25) is 0 Å². The minimum absolute atomic E-state index is 0.0109. The standard InChI is InChI=1S/C14H25N5O2/c1-10(2)9-15-13(20)18-5-7-19(8-6-18)14-17-16-12(21-14)11(3)4/h10-11H,5-9H2,1-4H3,(H,15,20). The Morgan fingerprint density at radius 3 is 2.38 bits per heavy atom. The highest BCUT2D eigenvalue weighted by atomic mass is 16.4. The number of hydrogen-bond acceptors (Lipinski definition) is 5. The molecule has 1 aromatic rings. The van der Waals surface area contributed by atoms with E-state index in [1.165, 1.54) is 0 Å².